The zero-order valence-electron chi connectivity index (χ0n) is 11.8. The molecular weight excluding hydrogens is 250 g/mol. The molecule has 0 aliphatic rings. The van der Waals surface area contributed by atoms with Crippen molar-refractivity contribution in [3.8, 4) is 11.3 Å². The third-order valence-corrected chi connectivity index (χ3v) is 3.57. The van der Waals surface area contributed by atoms with Crippen LogP contribution in [0.25, 0.3) is 22.3 Å². The molecule has 0 aliphatic heterocycles. The van der Waals surface area contributed by atoms with Crippen LogP contribution in [0.15, 0.2) is 24.4 Å². The molecular formula is C15H19N5. The highest BCUT2D eigenvalue weighted by molar-refractivity contribution is 5.81. The van der Waals surface area contributed by atoms with Crippen LogP contribution >= 0.6 is 0 Å². The number of benzene rings is 1. The van der Waals surface area contributed by atoms with Crippen molar-refractivity contribution in [2.75, 3.05) is 6.54 Å². The number of nitrogens with one attached hydrogen (secondary N) is 2. The summed E-state index contributed by atoms with van der Waals surface area (Å²) < 4.78 is 0. The topological polar surface area (TPSA) is 83.4 Å². The average molecular weight is 269 g/mol. The Morgan fingerprint density at radius 1 is 1.30 bits per heavy atom. The monoisotopic (exact) mass is 269 g/mol. The van der Waals surface area contributed by atoms with Gasteiger partial charge < -0.3 is 15.7 Å². The molecule has 0 fully saturated rings. The molecule has 0 spiro atoms. The number of fused-ring (bicyclic) bond motifs is 1. The van der Waals surface area contributed by atoms with Crippen molar-refractivity contribution in [3.63, 3.8) is 0 Å². The fourth-order valence-electron chi connectivity index (χ4n) is 2.43. The van der Waals surface area contributed by atoms with E-state index in [4.69, 9.17) is 5.73 Å². The van der Waals surface area contributed by atoms with Crippen LogP contribution in [0.2, 0.25) is 0 Å². The van der Waals surface area contributed by atoms with Gasteiger partial charge in [0.25, 0.3) is 0 Å². The Kier molecular flexibility index (Phi) is 3.28. The molecule has 4 N–H and O–H groups in total. The molecule has 20 heavy (non-hydrogen) atoms. The lowest BCUT2D eigenvalue weighted by Gasteiger charge is -2.05. The van der Waals surface area contributed by atoms with Gasteiger partial charge in [0, 0.05) is 11.5 Å². The first-order valence-corrected chi connectivity index (χ1v) is 6.89. The third kappa shape index (κ3) is 2.32. The van der Waals surface area contributed by atoms with E-state index in [1.54, 1.807) is 0 Å². The molecule has 104 valence electrons. The predicted molar refractivity (Wildman–Crippen MR) is 80.5 cm³/mol. The van der Waals surface area contributed by atoms with Gasteiger partial charge in [-0.3, -0.25) is 0 Å². The first-order valence-electron chi connectivity index (χ1n) is 6.89. The molecule has 2 heterocycles. The first-order chi connectivity index (χ1) is 9.67. The quantitative estimate of drug-likeness (QED) is 0.681. The van der Waals surface area contributed by atoms with Gasteiger partial charge in [-0.2, -0.15) is 0 Å². The van der Waals surface area contributed by atoms with Crippen molar-refractivity contribution < 1.29 is 0 Å². The minimum atomic E-state index is 0.354. The fraction of sp³-hybridized carbons (Fsp3) is 0.333. The van der Waals surface area contributed by atoms with E-state index in [2.05, 4.69) is 39.0 Å². The van der Waals surface area contributed by atoms with E-state index < -0.39 is 0 Å². The van der Waals surface area contributed by atoms with Gasteiger partial charge in [-0.05, 0) is 32.0 Å². The lowest BCUT2D eigenvalue weighted by atomic mass is 10.1. The van der Waals surface area contributed by atoms with E-state index in [-0.39, 0.29) is 0 Å². The molecule has 0 aliphatic carbocycles. The largest absolute Gasteiger partial charge is 0.342 e. The van der Waals surface area contributed by atoms with E-state index in [9.17, 15) is 0 Å². The smallest absolute Gasteiger partial charge is 0.109 e. The molecule has 5 nitrogen and oxygen atoms in total. The second-order valence-corrected chi connectivity index (χ2v) is 5.21. The van der Waals surface area contributed by atoms with Crippen LogP contribution in [-0.4, -0.2) is 26.5 Å². The average Bonchev–Trinajstić information content (AvgIpc) is 3.02. The zero-order valence-corrected chi connectivity index (χ0v) is 11.8. The maximum Gasteiger partial charge on any atom is 0.109 e. The van der Waals surface area contributed by atoms with Crippen LogP contribution in [0.1, 0.15) is 30.9 Å². The maximum absolute atomic E-state index is 5.60. The molecule has 0 saturated carbocycles. The number of aromatic nitrogens is 4. The van der Waals surface area contributed by atoms with Crippen molar-refractivity contribution in [3.05, 3.63) is 36.0 Å². The number of aromatic amines is 2. The highest BCUT2D eigenvalue weighted by atomic mass is 14.9. The highest BCUT2D eigenvalue weighted by Crippen LogP contribution is 2.24. The molecule has 0 amide bonds. The van der Waals surface area contributed by atoms with E-state index in [1.165, 1.54) is 0 Å². The Balaban J connectivity index is 1.94. The van der Waals surface area contributed by atoms with Gasteiger partial charge >= 0.3 is 0 Å². The van der Waals surface area contributed by atoms with Gasteiger partial charge in [-0.25, -0.2) is 9.97 Å². The molecule has 3 rings (SSSR count). The van der Waals surface area contributed by atoms with Crippen molar-refractivity contribution in [2.24, 2.45) is 5.73 Å². The van der Waals surface area contributed by atoms with Gasteiger partial charge in [0.2, 0.25) is 0 Å². The Bertz CT molecular complexity index is 725. The van der Waals surface area contributed by atoms with Gasteiger partial charge in [-0.1, -0.05) is 13.0 Å². The van der Waals surface area contributed by atoms with E-state index in [0.717, 1.165) is 40.4 Å². The summed E-state index contributed by atoms with van der Waals surface area (Å²) in [4.78, 5) is 15.5. The molecule has 1 unspecified atom stereocenters. The number of H-pyrrole nitrogens is 2. The number of rotatable bonds is 4. The minimum absolute atomic E-state index is 0.354. The molecule has 1 atom stereocenters. The predicted octanol–water partition coefficient (Wildman–Crippen LogP) is 2.71. The van der Waals surface area contributed by atoms with Crippen LogP contribution in [-0.2, 0) is 0 Å². The van der Waals surface area contributed by atoms with Crippen LogP contribution in [0, 0.1) is 6.92 Å². The summed E-state index contributed by atoms with van der Waals surface area (Å²) >= 11 is 0. The number of nitrogens with two attached hydrogens (primary N) is 1. The summed E-state index contributed by atoms with van der Waals surface area (Å²) in [7, 11) is 0. The first kappa shape index (κ1) is 12.9. The Morgan fingerprint density at radius 2 is 2.15 bits per heavy atom. The van der Waals surface area contributed by atoms with Gasteiger partial charge in [0.15, 0.2) is 0 Å². The van der Waals surface area contributed by atoms with Crippen LogP contribution < -0.4 is 5.73 Å². The standard InChI is InChI=1S/C15H19N5/c1-9(5-6-16)15-17-8-14(20-15)11-3-4-12-13(7-11)19-10(2)18-12/h3-4,7-9H,5-6,16H2,1-2H3,(H,17,20)(H,18,19). The summed E-state index contributed by atoms with van der Waals surface area (Å²) in [5, 5.41) is 0. The summed E-state index contributed by atoms with van der Waals surface area (Å²) in [6.07, 6.45) is 2.82. The summed E-state index contributed by atoms with van der Waals surface area (Å²) in [5.41, 5.74) is 9.77. The molecule has 0 radical (unpaired) electrons. The van der Waals surface area contributed by atoms with Gasteiger partial charge in [-0.15, -0.1) is 0 Å². The zero-order chi connectivity index (χ0) is 14.1. The van der Waals surface area contributed by atoms with Crippen molar-refractivity contribution in [1.29, 1.82) is 0 Å². The van der Waals surface area contributed by atoms with Crippen LogP contribution in [0.5, 0.6) is 0 Å². The molecule has 1 aromatic carbocycles. The molecule has 5 heteroatoms. The summed E-state index contributed by atoms with van der Waals surface area (Å²) in [5.74, 6) is 2.28. The maximum atomic E-state index is 5.60. The molecule has 2 aromatic heterocycles. The van der Waals surface area contributed by atoms with Crippen LogP contribution in [0.4, 0.5) is 0 Å². The van der Waals surface area contributed by atoms with Gasteiger partial charge in [0.05, 0.1) is 22.9 Å². The van der Waals surface area contributed by atoms with Crippen molar-refractivity contribution >= 4 is 11.0 Å². The highest BCUT2D eigenvalue weighted by Gasteiger charge is 2.10. The molecule has 0 saturated heterocycles. The van der Waals surface area contributed by atoms with Crippen LogP contribution in [0.3, 0.4) is 0 Å². The number of hydrogen-bond acceptors (Lipinski definition) is 3. The number of nitrogens with zero attached hydrogens (tertiary/aromatic N) is 2. The number of imidazole rings is 2. The summed E-state index contributed by atoms with van der Waals surface area (Å²) in [6, 6.07) is 6.19. The Morgan fingerprint density at radius 3 is 2.95 bits per heavy atom. The number of hydrogen-bond donors (Lipinski definition) is 3. The van der Waals surface area contributed by atoms with E-state index in [1.807, 2.05) is 19.2 Å². The fourth-order valence-corrected chi connectivity index (χ4v) is 2.43. The minimum Gasteiger partial charge on any atom is -0.342 e. The van der Waals surface area contributed by atoms with Crippen molar-refractivity contribution in [2.45, 2.75) is 26.2 Å². The Labute approximate surface area is 117 Å². The van der Waals surface area contributed by atoms with E-state index in [0.29, 0.717) is 12.5 Å². The molecule has 3 aromatic rings. The van der Waals surface area contributed by atoms with Gasteiger partial charge in [0.1, 0.15) is 11.6 Å². The lowest BCUT2D eigenvalue weighted by molar-refractivity contribution is 0.655. The normalized spacial score (nSPS) is 12.9. The second kappa shape index (κ2) is 5.09. The van der Waals surface area contributed by atoms with E-state index >= 15 is 0 Å². The molecule has 0 bridgehead atoms. The SMILES string of the molecule is Cc1nc2ccc(-c3cnc(C(C)CCN)[nH]3)cc2[nH]1. The lowest BCUT2D eigenvalue weighted by Crippen LogP contribution is -2.05. The summed E-state index contributed by atoms with van der Waals surface area (Å²) in [6.45, 7) is 4.77. The van der Waals surface area contributed by atoms with Crippen molar-refractivity contribution in [1.82, 2.24) is 19.9 Å². The second-order valence-electron chi connectivity index (χ2n) is 5.21. The third-order valence-electron chi connectivity index (χ3n) is 3.57. The number of aryl methyl sites for hydroxylation is 1. The Hall–Kier alpha value is -2.14.